The number of nitrogens with two attached hydrogens (primary N) is 1. The summed E-state index contributed by atoms with van der Waals surface area (Å²) in [6, 6.07) is 4.61. The number of hydrogen-bond acceptors (Lipinski definition) is 4. The number of nitrogens with zero attached hydrogens (tertiary/aromatic N) is 3. The van der Waals surface area contributed by atoms with Crippen molar-refractivity contribution in [2.75, 3.05) is 18.0 Å². The molecule has 2 atom stereocenters. The van der Waals surface area contributed by atoms with Gasteiger partial charge in [0.15, 0.2) is 5.82 Å². The van der Waals surface area contributed by atoms with E-state index in [0.717, 1.165) is 24.0 Å². The molecule has 1 fully saturated rings. The van der Waals surface area contributed by atoms with E-state index >= 15 is 0 Å². The summed E-state index contributed by atoms with van der Waals surface area (Å²) in [6.07, 6.45) is 1.02. The van der Waals surface area contributed by atoms with Crippen molar-refractivity contribution < 1.29 is 4.39 Å². The highest BCUT2D eigenvalue weighted by Crippen LogP contribution is 2.28. The van der Waals surface area contributed by atoms with Crippen LogP contribution in [0.2, 0.25) is 0 Å². The molecule has 1 aromatic carbocycles. The summed E-state index contributed by atoms with van der Waals surface area (Å²) in [5.41, 5.74) is 6.76. The molecule has 0 saturated carbocycles. The molecule has 0 aliphatic carbocycles. The van der Waals surface area contributed by atoms with Crippen molar-refractivity contribution in [1.82, 2.24) is 15.2 Å². The van der Waals surface area contributed by atoms with Crippen molar-refractivity contribution in [3.8, 4) is 11.4 Å². The summed E-state index contributed by atoms with van der Waals surface area (Å²) in [4.78, 5) is 6.54. The van der Waals surface area contributed by atoms with Crippen molar-refractivity contribution in [3.05, 3.63) is 28.5 Å². The molecular weight excluding hydrogens is 337 g/mol. The number of hydrogen-bond donors (Lipinski definition) is 2. The molecule has 2 heterocycles. The highest BCUT2D eigenvalue weighted by atomic mass is 79.9. The van der Waals surface area contributed by atoms with Gasteiger partial charge >= 0.3 is 0 Å². The van der Waals surface area contributed by atoms with Gasteiger partial charge in [0.05, 0.1) is 0 Å². The van der Waals surface area contributed by atoms with Crippen LogP contribution >= 0.6 is 15.9 Å². The number of nitrogens with one attached hydrogen (secondary N) is 1. The van der Waals surface area contributed by atoms with E-state index in [1.807, 2.05) is 0 Å². The third-order valence-electron chi connectivity index (χ3n) is 3.96. The quantitative estimate of drug-likeness (QED) is 0.870. The largest absolute Gasteiger partial charge is 0.338 e. The van der Waals surface area contributed by atoms with Gasteiger partial charge in [0, 0.05) is 29.2 Å². The standard InChI is InChI=1S/C14H17BrFN5/c1-8-4-5-21(7-12(8)17)14-18-13(19-20-14)10-6-9(16)2-3-11(10)15/h2-3,6,8,12H,4-5,7,17H2,1H3,(H,18,19,20). The molecule has 3 N–H and O–H groups in total. The Labute approximate surface area is 130 Å². The first-order valence-corrected chi connectivity index (χ1v) is 7.72. The van der Waals surface area contributed by atoms with E-state index in [-0.39, 0.29) is 11.9 Å². The smallest absolute Gasteiger partial charge is 0.245 e. The Bertz CT molecular complexity index is 644. The molecule has 0 radical (unpaired) electrons. The molecule has 2 aromatic rings. The minimum absolute atomic E-state index is 0.126. The normalized spacial score (nSPS) is 22.6. The number of benzene rings is 1. The lowest BCUT2D eigenvalue weighted by Crippen LogP contribution is -2.48. The number of piperidine rings is 1. The Balaban J connectivity index is 1.85. The van der Waals surface area contributed by atoms with Crippen LogP contribution in [0.4, 0.5) is 10.3 Å². The first-order chi connectivity index (χ1) is 10.0. The minimum atomic E-state index is -0.306. The van der Waals surface area contributed by atoms with Gasteiger partial charge in [-0.1, -0.05) is 22.9 Å². The van der Waals surface area contributed by atoms with E-state index < -0.39 is 0 Å². The van der Waals surface area contributed by atoms with E-state index in [1.165, 1.54) is 12.1 Å². The zero-order chi connectivity index (χ0) is 15.0. The van der Waals surface area contributed by atoms with Crippen LogP contribution in [0.3, 0.4) is 0 Å². The minimum Gasteiger partial charge on any atom is -0.338 e. The molecule has 21 heavy (non-hydrogen) atoms. The predicted molar refractivity (Wildman–Crippen MR) is 83.4 cm³/mol. The molecule has 0 spiro atoms. The van der Waals surface area contributed by atoms with E-state index in [9.17, 15) is 4.39 Å². The number of aromatic nitrogens is 3. The molecule has 0 amide bonds. The molecule has 5 nitrogen and oxygen atoms in total. The Hall–Kier alpha value is -1.47. The van der Waals surface area contributed by atoms with Crippen LogP contribution in [-0.2, 0) is 0 Å². The van der Waals surface area contributed by atoms with Gasteiger partial charge in [-0.05, 0) is 30.5 Å². The first-order valence-electron chi connectivity index (χ1n) is 6.93. The molecule has 1 saturated heterocycles. The maximum atomic E-state index is 13.4. The Morgan fingerprint density at radius 1 is 1.48 bits per heavy atom. The van der Waals surface area contributed by atoms with Crippen LogP contribution in [0.15, 0.2) is 22.7 Å². The van der Waals surface area contributed by atoms with Gasteiger partial charge in [0.25, 0.3) is 0 Å². The highest BCUT2D eigenvalue weighted by Gasteiger charge is 2.25. The van der Waals surface area contributed by atoms with Crippen molar-refractivity contribution in [2.45, 2.75) is 19.4 Å². The monoisotopic (exact) mass is 353 g/mol. The maximum absolute atomic E-state index is 13.4. The van der Waals surface area contributed by atoms with Crippen LogP contribution in [-0.4, -0.2) is 34.3 Å². The molecule has 7 heteroatoms. The van der Waals surface area contributed by atoms with Crippen LogP contribution < -0.4 is 10.6 Å². The maximum Gasteiger partial charge on any atom is 0.245 e. The lowest BCUT2D eigenvalue weighted by Gasteiger charge is -2.34. The number of halogens is 2. The highest BCUT2D eigenvalue weighted by molar-refractivity contribution is 9.10. The van der Waals surface area contributed by atoms with E-state index in [0.29, 0.717) is 23.3 Å². The van der Waals surface area contributed by atoms with Gasteiger partial charge < -0.3 is 10.6 Å². The number of aromatic amines is 1. The Kier molecular flexibility index (Phi) is 3.95. The second kappa shape index (κ2) is 5.73. The summed E-state index contributed by atoms with van der Waals surface area (Å²) >= 11 is 3.40. The van der Waals surface area contributed by atoms with Gasteiger partial charge in [0.2, 0.25) is 5.95 Å². The number of H-pyrrole nitrogens is 1. The van der Waals surface area contributed by atoms with Gasteiger partial charge in [-0.15, -0.1) is 5.10 Å². The van der Waals surface area contributed by atoms with Crippen molar-refractivity contribution in [2.24, 2.45) is 11.7 Å². The molecule has 2 unspecified atom stereocenters. The fourth-order valence-electron chi connectivity index (χ4n) is 2.47. The lowest BCUT2D eigenvalue weighted by molar-refractivity contribution is 0.376. The van der Waals surface area contributed by atoms with Crippen LogP contribution in [0, 0.1) is 11.7 Å². The SMILES string of the molecule is CC1CCN(c2n[nH]c(-c3cc(F)ccc3Br)n2)CC1N. The Morgan fingerprint density at radius 2 is 2.29 bits per heavy atom. The molecular formula is C14H17BrFN5. The van der Waals surface area contributed by atoms with Crippen LogP contribution in [0.5, 0.6) is 0 Å². The second-order valence-electron chi connectivity index (χ2n) is 5.48. The van der Waals surface area contributed by atoms with Crippen molar-refractivity contribution in [3.63, 3.8) is 0 Å². The second-order valence-corrected chi connectivity index (χ2v) is 6.34. The van der Waals surface area contributed by atoms with Crippen molar-refractivity contribution in [1.29, 1.82) is 0 Å². The average molecular weight is 354 g/mol. The lowest BCUT2D eigenvalue weighted by atomic mass is 9.95. The molecule has 3 rings (SSSR count). The van der Waals surface area contributed by atoms with E-state index in [2.05, 4.69) is 42.9 Å². The molecule has 1 aliphatic heterocycles. The van der Waals surface area contributed by atoms with E-state index in [4.69, 9.17) is 5.73 Å². The number of rotatable bonds is 2. The zero-order valence-electron chi connectivity index (χ0n) is 11.7. The van der Waals surface area contributed by atoms with Crippen LogP contribution in [0.1, 0.15) is 13.3 Å². The summed E-state index contributed by atoms with van der Waals surface area (Å²) in [6.45, 7) is 3.79. The van der Waals surface area contributed by atoms with Gasteiger partial charge in [-0.2, -0.15) is 4.98 Å². The van der Waals surface area contributed by atoms with Gasteiger partial charge in [0.1, 0.15) is 5.82 Å². The fourth-order valence-corrected chi connectivity index (χ4v) is 2.91. The van der Waals surface area contributed by atoms with Gasteiger partial charge in [-0.25, -0.2) is 4.39 Å². The molecule has 1 aliphatic rings. The summed E-state index contributed by atoms with van der Waals surface area (Å²) in [7, 11) is 0. The summed E-state index contributed by atoms with van der Waals surface area (Å²) < 4.78 is 14.2. The number of anilines is 1. The molecule has 112 valence electrons. The van der Waals surface area contributed by atoms with Crippen LogP contribution in [0.25, 0.3) is 11.4 Å². The Morgan fingerprint density at radius 3 is 3.05 bits per heavy atom. The summed E-state index contributed by atoms with van der Waals surface area (Å²) in [5.74, 6) is 1.36. The van der Waals surface area contributed by atoms with Gasteiger partial charge in [-0.3, -0.25) is 5.10 Å². The predicted octanol–water partition coefficient (Wildman–Crippen LogP) is 2.55. The zero-order valence-corrected chi connectivity index (χ0v) is 13.3. The topological polar surface area (TPSA) is 70.8 Å². The van der Waals surface area contributed by atoms with E-state index in [1.54, 1.807) is 6.07 Å². The molecule has 1 aromatic heterocycles. The van der Waals surface area contributed by atoms with Crippen molar-refractivity contribution >= 4 is 21.9 Å². The average Bonchev–Trinajstić information content (AvgIpc) is 2.94. The third kappa shape index (κ3) is 2.94. The molecule has 0 bridgehead atoms. The fraction of sp³-hybridized carbons (Fsp3) is 0.429. The summed E-state index contributed by atoms with van der Waals surface area (Å²) in [5, 5.41) is 7.11. The first kappa shape index (κ1) is 14.5. The third-order valence-corrected chi connectivity index (χ3v) is 4.65.